The Balaban J connectivity index is 1.67. The second-order valence-corrected chi connectivity index (χ2v) is 5.23. The molecule has 1 aliphatic heterocycles. The van der Waals surface area contributed by atoms with Gasteiger partial charge in [0, 0.05) is 26.1 Å². The van der Waals surface area contributed by atoms with E-state index in [9.17, 15) is 4.79 Å². The number of fused-ring (bicyclic) bond motifs is 1. The summed E-state index contributed by atoms with van der Waals surface area (Å²) in [4.78, 5) is 21.7. The Labute approximate surface area is 117 Å². The molecule has 0 saturated carbocycles. The van der Waals surface area contributed by atoms with Gasteiger partial charge in [-0.1, -0.05) is 12.1 Å². The number of aromatic nitrogens is 2. The number of amides is 1. The summed E-state index contributed by atoms with van der Waals surface area (Å²) in [5.41, 5.74) is 2.10. The SMILES string of the molecule is COCC(=O)N1CCC(c2nc3ccccc3[nH]2)CC1. The number of carbonyl (C=O) groups excluding carboxylic acids is 1. The van der Waals surface area contributed by atoms with Gasteiger partial charge in [0.25, 0.3) is 0 Å². The van der Waals surface area contributed by atoms with Crippen LogP contribution in [0, 0.1) is 0 Å². The molecule has 3 rings (SSSR count). The zero-order valence-corrected chi connectivity index (χ0v) is 11.6. The predicted molar refractivity (Wildman–Crippen MR) is 76.5 cm³/mol. The van der Waals surface area contributed by atoms with E-state index in [-0.39, 0.29) is 12.5 Å². The molecular weight excluding hydrogens is 254 g/mol. The molecule has 1 N–H and O–H groups in total. The molecule has 0 radical (unpaired) electrons. The number of nitrogens with zero attached hydrogens (tertiary/aromatic N) is 2. The average Bonchev–Trinajstić information content (AvgIpc) is 2.91. The van der Waals surface area contributed by atoms with Gasteiger partial charge in [0.15, 0.2) is 0 Å². The molecule has 20 heavy (non-hydrogen) atoms. The first kappa shape index (κ1) is 13.1. The lowest BCUT2D eigenvalue weighted by molar-refractivity contribution is -0.136. The number of carbonyl (C=O) groups is 1. The molecule has 2 aromatic rings. The zero-order valence-electron chi connectivity index (χ0n) is 11.6. The maximum Gasteiger partial charge on any atom is 0.248 e. The molecule has 1 amide bonds. The Morgan fingerprint density at radius 3 is 2.85 bits per heavy atom. The maximum atomic E-state index is 11.8. The Kier molecular flexibility index (Phi) is 3.69. The van der Waals surface area contributed by atoms with Crippen molar-refractivity contribution in [2.24, 2.45) is 0 Å². The van der Waals surface area contributed by atoms with Crippen LogP contribution in [-0.4, -0.2) is 47.6 Å². The first-order valence-corrected chi connectivity index (χ1v) is 6.99. The van der Waals surface area contributed by atoms with Gasteiger partial charge in [-0.25, -0.2) is 4.98 Å². The third-order valence-electron chi connectivity index (χ3n) is 3.91. The van der Waals surface area contributed by atoms with Crippen molar-refractivity contribution in [3.63, 3.8) is 0 Å². The van der Waals surface area contributed by atoms with Crippen LogP contribution in [0.15, 0.2) is 24.3 Å². The first-order valence-electron chi connectivity index (χ1n) is 6.99. The summed E-state index contributed by atoms with van der Waals surface area (Å²) >= 11 is 0. The monoisotopic (exact) mass is 273 g/mol. The Hall–Kier alpha value is -1.88. The van der Waals surface area contributed by atoms with Gasteiger partial charge in [-0.3, -0.25) is 4.79 Å². The van der Waals surface area contributed by atoms with Gasteiger partial charge in [0.1, 0.15) is 12.4 Å². The molecule has 5 heteroatoms. The average molecular weight is 273 g/mol. The minimum Gasteiger partial charge on any atom is -0.375 e. The molecule has 1 aromatic carbocycles. The second-order valence-electron chi connectivity index (χ2n) is 5.23. The number of piperidine rings is 1. The highest BCUT2D eigenvalue weighted by molar-refractivity contribution is 5.77. The molecule has 1 fully saturated rings. The number of benzene rings is 1. The van der Waals surface area contributed by atoms with Gasteiger partial charge >= 0.3 is 0 Å². The van der Waals surface area contributed by atoms with E-state index in [1.165, 1.54) is 0 Å². The number of imidazole rings is 1. The minimum atomic E-state index is 0.0792. The lowest BCUT2D eigenvalue weighted by atomic mass is 9.96. The molecule has 1 saturated heterocycles. The number of aromatic amines is 1. The van der Waals surface area contributed by atoms with E-state index in [2.05, 4.69) is 9.97 Å². The normalized spacial score (nSPS) is 16.8. The van der Waals surface area contributed by atoms with Crippen LogP contribution in [-0.2, 0) is 9.53 Å². The quantitative estimate of drug-likeness (QED) is 0.929. The largest absolute Gasteiger partial charge is 0.375 e. The van der Waals surface area contributed by atoms with Crippen LogP contribution in [0.25, 0.3) is 11.0 Å². The lowest BCUT2D eigenvalue weighted by Crippen LogP contribution is -2.39. The van der Waals surface area contributed by atoms with E-state index in [0.29, 0.717) is 5.92 Å². The molecule has 0 unspecified atom stereocenters. The lowest BCUT2D eigenvalue weighted by Gasteiger charge is -2.30. The van der Waals surface area contributed by atoms with E-state index >= 15 is 0 Å². The number of hydrogen-bond acceptors (Lipinski definition) is 3. The molecule has 106 valence electrons. The van der Waals surface area contributed by atoms with Gasteiger partial charge in [-0.05, 0) is 25.0 Å². The number of nitrogens with one attached hydrogen (secondary N) is 1. The molecule has 0 atom stereocenters. The molecule has 2 heterocycles. The topological polar surface area (TPSA) is 58.2 Å². The number of methoxy groups -OCH3 is 1. The van der Waals surface area contributed by atoms with Crippen molar-refractivity contribution >= 4 is 16.9 Å². The number of para-hydroxylation sites is 2. The predicted octanol–water partition coefficient (Wildman–Crippen LogP) is 1.92. The smallest absolute Gasteiger partial charge is 0.248 e. The van der Waals surface area contributed by atoms with Gasteiger partial charge < -0.3 is 14.6 Å². The van der Waals surface area contributed by atoms with Crippen LogP contribution in [0.1, 0.15) is 24.6 Å². The van der Waals surface area contributed by atoms with E-state index in [0.717, 1.165) is 42.8 Å². The summed E-state index contributed by atoms with van der Waals surface area (Å²) < 4.78 is 4.90. The zero-order chi connectivity index (χ0) is 13.9. The molecule has 5 nitrogen and oxygen atoms in total. The van der Waals surface area contributed by atoms with Crippen molar-refractivity contribution < 1.29 is 9.53 Å². The summed E-state index contributed by atoms with van der Waals surface area (Å²) in [6.45, 7) is 1.74. The van der Waals surface area contributed by atoms with Gasteiger partial charge in [-0.15, -0.1) is 0 Å². The fraction of sp³-hybridized carbons (Fsp3) is 0.467. The fourth-order valence-corrected chi connectivity index (χ4v) is 2.78. The summed E-state index contributed by atoms with van der Waals surface area (Å²) in [5, 5.41) is 0. The standard InChI is InChI=1S/C15H19N3O2/c1-20-10-14(19)18-8-6-11(7-9-18)15-16-12-4-2-3-5-13(12)17-15/h2-5,11H,6-10H2,1H3,(H,16,17). The summed E-state index contributed by atoms with van der Waals surface area (Å²) in [5.74, 6) is 1.54. The van der Waals surface area contributed by atoms with Crippen LogP contribution in [0.5, 0.6) is 0 Å². The number of rotatable bonds is 3. The van der Waals surface area contributed by atoms with E-state index in [1.807, 2.05) is 29.2 Å². The van der Waals surface area contributed by atoms with Crippen molar-refractivity contribution in [2.45, 2.75) is 18.8 Å². The maximum absolute atomic E-state index is 11.8. The molecule has 1 aliphatic rings. The van der Waals surface area contributed by atoms with Gasteiger partial charge in [0.05, 0.1) is 11.0 Å². The van der Waals surface area contributed by atoms with Gasteiger partial charge in [-0.2, -0.15) is 0 Å². The van der Waals surface area contributed by atoms with Crippen LogP contribution in [0.4, 0.5) is 0 Å². The highest BCUT2D eigenvalue weighted by Crippen LogP contribution is 2.27. The van der Waals surface area contributed by atoms with Crippen LogP contribution < -0.4 is 0 Å². The summed E-state index contributed by atoms with van der Waals surface area (Å²) in [6, 6.07) is 8.07. The molecule has 0 spiro atoms. The molecular formula is C15H19N3O2. The van der Waals surface area contributed by atoms with Crippen molar-refractivity contribution in [3.05, 3.63) is 30.1 Å². The van der Waals surface area contributed by atoms with Crippen molar-refractivity contribution in [2.75, 3.05) is 26.8 Å². The third kappa shape index (κ3) is 2.54. The molecule has 0 aliphatic carbocycles. The van der Waals surface area contributed by atoms with E-state index in [4.69, 9.17) is 4.74 Å². The number of ether oxygens (including phenoxy) is 1. The van der Waals surface area contributed by atoms with Gasteiger partial charge in [0.2, 0.25) is 5.91 Å². The summed E-state index contributed by atoms with van der Waals surface area (Å²) in [7, 11) is 1.55. The first-order chi connectivity index (χ1) is 9.78. The Bertz CT molecular complexity index is 567. The van der Waals surface area contributed by atoms with Crippen molar-refractivity contribution in [1.82, 2.24) is 14.9 Å². The van der Waals surface area contributed by atoms with Crippen molar-refractivity contribution in [3.8, 4) is 0 Å². The van der Waals surface area contributed by atoms with Crippen LogP contribution in [0.2, 0.25) is 0 Å². The van der Waals surface area contributed by atoms with Crippen LogP contribution >= 0.6 is 0 Å². The second kappa shape index (κ2) is 5.63. The van der Waals surface area contributed by atoms with E-state index in [1.54, 1.807) is 7.11 Å². The number of likely N-dealkylation sites (tertiary alicyclic amines) is 1. The Morgan fingerprint density at radius 2 is 2.15 bits per heavy atom. The Morgan fingerprint density at radius 1 is 1.40 bits per heavy atom. The third-order valence-corrected chi connectivity index (χ3v) is 3.91. The minimum absolute atomic E-state index is 0.0792. The number of hydrogen-bond donors (Lipinski definition) is 1. The number of H-pyrrole nitrogens is 1. The van der Waals surface area contributed by atoms with E-state index < -0.39 is 0 Å². The molecule has 1 aromatic heterocycles. The van der Waals surface area contributed by atoms with Crippen molar-refractivity contribution in [1.29, 1.82) is 0 Å². The highest BCUT2D eigenvalue weighted by atomic mass is 16.5. The fourth-order valence-electron chi connectivity index (χ4n) is 2.78. The molecule has 0 bridgehead atoms. The summed E-state index contributed by atoms with van der Waals surface area (Å²) in [6.07, 6.45) is 1.91. The highest BCUT2D eigenvalue weighted by Gasteiger charge is 2.25. The van der Waals surface area contributed by atoms with Crippen LogP contribution in [0.3, 0.4) is 0 Å².